The summed E-state index contributed by atoms with van der Waals surface area (Å²) in [5.74, 6) is 0.264. The molecule has 0 radical (unpaired) electrons. The highest BCUT2D eigenvalue weighted by Crippen LogP contribution is 2.21. The summed E-state index contributed by atoms with van der Waals surface area (Å²) in [7, 11) is 1.83. The molecule has 2 heteroatoms. The molecule has 13 heavy (non-hydrogen) atoms. The van der Waals surface area contributed by atoms with E-state index in [9.17, 15) is 4.39 Å². The zero-order valence-corrected chi connectivity index (χ0v) is 8.39. The molecule has 0 atom stereocenters. The van der Waals surface area contributed by atoms with Crippen LogP contribution in [0.3, 0.4) is 0 Å². The number of benzene rings is 1. The molecule has 1 aromatic rings. The molecule has 0 aliphatic carbocycles. The first-order valence-corrected chi connectivity index (χ1v) is 4.58. The van der Waals surface area contributed by atoms with Crippen molar-refractivity contribution in [1.82, 2.24) is 5.32 Å². The maximum atomic E-state index is 13.4. The van der Waals surface area contributed by atoms with Gasteiger partial charge in [-0.05, 0) is 24.6 Å². The third-order valence-electron chi connectivity index (χ3n) is 2.13. The van der Waals surface area contributed by atoms with Crippen molar-refractivity contribution < 1.29 is 4.39 Å². The monoisotopic (exact) mass is 181 g/mol. The van der Waals surface area contributed by atoms with Crippen LogP contribution in [-0.4, -0.2) is 7.05 Å². The van der Waals surface area contributed by atoms with Gasteiger partial charge in [-0.15, -0.1) is 0 Å². The van der Waals surface area contributed by atoms with Crippen molar-refractivity contribution in [2.24, 2.45) is 0 Å². The Labute approximate surface area is 79.0 Å². The average Bonchev–Trinajstić information content (AvgIpc) is 2.08. The van der Waals surface area contributed by atoms with Gasteiger partial charge in [-0.3, -0.25) is 0 Å². The van der Waals surface area contributed by atoms with E-state index < -0.39 is 0 Å². The molecular weight excluding hydrogens is 165 g/mol. The third kappa shape index (κ3) is 2.28. The Hall–Kier alpha value is -0.890. The molecule has 0 saturated carbocycles. The smallest absolute Gasteiger partial charge is 0.127 e. The first kappa shape index (κ1) is 10.2. The van der Waals surface area contributed by atoms with Gasteiger partial charge in [-0.25, -0.2) is 4.39 Å². The van der Waals surface area contributed by atoms with E-state index in [4.69, 9.17) is 0 Å². The minimum absolute atomic E-state index is 0.111. The minimum atomic E-state index is -0.111. The van der Waals surface area contributed by atoms with Crippen LogP contribution >= 0.6 is 0 Å². The molecule has 0 aromatic heterocycles. The highest BCUT2D eigenvalue weighted by molar-refractivity contribution is 5.30. The van der Waals surface area contributed by atoms with E-state index in [1.54, 1.807) is 6.07 Å². The fourth-order valence-electron chi connectivity index (χ4n) is 1.48. The zero-order valence-electron chi connectivity index (χ0n) is 8.39. The molecule has 0 spiro atoms. The van der Waals surface area contributed by atoms with Gasteiger partial charge in [-0.1, -0.05) is 26.0 Å². The zero-order chi connectivity index (χ0) is 9.84. The van der Waals surface area contributed by atoms with Crippen LogP contribution in [0.4, 0.5) is 4.39 Å². The lowest BCUT2D eigenvalue weighted by Gasteiger charge is -2.12. The summed E-state index contributed by atoms with van der Waals surface area (Å²) < 4.78 is 13.4. The molecule has 1 nitrogen and oxygen atoms in total. The fourth-order valence-corrected chi connectivity index (χ4v) is 1.48. The van der Waals surface area contributed by atoms with Crippen LogP contribution in [0.2, 0.25) is 0 Å². The Morgan fingerprint density at radius 3 is 2.62 bits per heavy atom. The molecule has 0 unspecified atom stereocenters. The molecular formula is C11H16FN. The first-order chi connectivity index (χ1) is 6.16. The van der Waals surface area contributed by atoms with Crippen LogP contribution in [-0.2, 0) is 6.54 Å². The van der Waals surface area contributed by atoms with Gasteiger partial charge in [0.2, 0.25) is 0 Å². The van der Waals surface area contributed by atoms with Gasteiger partial charge in [0.1, 0.15) is 5.82 Å². The van der Waals surface area contributed by atoms with Gasteiger partial charge in [-0.2, -0.15) is 0 Å². The Balaban J connectivity index is 3.09. The summed E-state index contributed by atoms with van der Waals surface area (Å²) in [5.41, 5.74) is 1.88. The Kier molecular flexibility index (Phi) is 3.43. The van der Waals surface area contributed by atoms with Crippen molar-refractivity contribution in [2.75, 3.05) is 7.05 Å². The largest absolute Gasteiger partial charge is 0.316 e. The second-order valence-electron chi connectivity index (χ2n) is 3.49. The van der Waals surface area contributed by atoms with Gasteiger partial charge in [0.15, 0.2) is 0 Å². The van der Waals surface area contributed by atoms with Gasteiger partial charge in [0.25, 0.3) is 0 Å². The maximum Gasteiger partial charge on any atom is 0.127 e. The number of hydrogen-bond acceptors (Lipinski definition) is 1. The molecule has 72 valence electrons. The van der Waals surface area contributed by atoms with E-state index in [2.05, 4.69) is 19.2 Å². The number of hydrogen-bond donors (Lipinski definition) is 1. The quantitative estimate of drug-likeness (QED) is 0.756. The standard InChI is InChI=1S/C11H16FN/c1-8(2)9-5-4-6-11(12)10(9)7-13-3/h4-6,8,13H,7H2,1-3H3. The van der Waals surface area contributed by atoms with Crippen LogP contribution in [0, 0.1) is 5.82 Å². The molecule has 1 rings (SSSR count). The summed E-state index contributed by atoms with van der Waals surface area (Å²) in [6, 6.07) is 5.27. The lowest BCUT2D eigenvalue weighted by atomic mass is 9.97. The Morgan fingerprint density at radius 1 is 1.38 bits per heavy atom. The second-order valence-corrected chi connectivity index (χ2v) is 3.49. The van der Waals surface area contributed by atoms with Crippen molar-refractivity contribution in [3.05, 3.63) is 35.1 Å². The predicted molar refractivity (Wildman–Crippen MR) is 53.3 cm³/mol. The SMILES string of the molecule is CNCc1c(F)cccc1C(C)C. The van der Waals surface area contributed by atoms with Crippen molar-refractivity contribution in [3.8, 4) is 0 Å². The van der Waals surface area contributed by atoms with Crippen LogP contribution in [0.5, 0.6) is 0 Å². The van der Waals surface area contributed by atoms with Crippen molar-refractivity contribution >= 4 is 0 Å². The molecule has 1 N–H and O–H groups in total. The first-order valence-electron chi connectivity index (χ1n) is 4.58. The van der Waals surface area contributed by atoms with Gasteiger partial charge < -0.3 is 5.32 Å². The molecule has 0 aliphatic heterocycles. The third-order valence-corrected chi connectivity index (χ3v) is 2.13. The topological polar surface area (TPSA) is 12.0 Å². The summed E-state index contributed by atoms with van der Waals surface area (Å²) in [4.78, 5) is 0. The highest BCUT2D eigenvalue weighted by Gasteiger charge is 2.09. The Morgan fingerprint density at radius 2 is 2.08 bits per heavy atom. The highest BCUT2D eigenvalue weighted by atomic mass is 19.1. The van der Waals surface area contributed by atoms with Crippen LogP contribution < -0.4 is 5.32 Å². The van der Waals surface area contributed by atoms with Crippen molar-refractivity contribution in [3.63, 3.8) is 0 Å². The summed E-state index contributed by atoms with van der Waals surface area (Å²) in [6.45, 7) is 4.75. The average molecular weight is 181 g/mol. The molecule has 0 amide bonds. The lowest BCUT2D eigenvalue weighted by molar-refractivity contribution is 0.593. The maximum absolute atomic E-state index is 13.4. The molecule has 0 heterocycles. The Bertz CT molecular complexity index is 281. The summed E-state index contributed by atoms with van der Waals surface area (Å²) in [5, 5.41) is 2.98. The molecule has 1 aromatic carbocycles. The number of halogens is 1. The van der Waals surface area contributed by atoms with E-state index in [0.717, 1.165) is 11.1 Å². The molecule has 0 saturated heterocycles. The fraction of sp³-hybridized carbons (Fsp3) is 0.455. The van der Waals surface area contributed by atoms with E-state index in [-0.39, 0.29) is 5.82 Å². The normalized spacial score (nSPS) is 10.8. The molecule has 0 fully saturated rings. The van der Waals surface area contributed by atoms with E-state index in [1.165, 1.54) is 6.07 Å². The van der Waals surface area contributed by atoms with E-state index in [1.807, 2.05) is 13.1 Å². The van der Waals surface area contributed by atoms with Crippen LogP contribution in [0.1, 0.15) is 30.9 Å². The van der Waals surface area contributed by atoms with Gasteiger partial charge in [0.05, 0.1) is 0 Å². The van der Waals surface area contributed by atoms with E-state index in [0.29, 0.717) is 12.5 Å². The summed E-state index contributed by atoms with van der Waals surface area (Å²) in [6.07, 6.45) is 0. The summed E-state index contributed by atoms with van der Waals surface area (Å²) >= 11 is 0. The predicted octanol–water partition coefficient (Wildman–Crippen LogP) is 2.67. The number of rotatable bonds is 3. The lowest BCUT2D eigenvalue weighted by Crippen LogP contribution is -2.10. The molecule has 0 bridgehead atoms. The van der Waals surface area contributed by atoms with Crippen molar-refractivity contribution in [2.45, 2.75) is 26.3 Å². The van der Waals surface area contributed by atoms with Crippen molar-refractivity contribution in [1.29, 1.82) is 0 Å². The molecule has 0 aliphatic rings. The van der Waals surface area contributed by atoms with Crippen LogP contribution in [0.15, 0.2) is 18.2 Å². The van der Waals surface area contributed by atoms with Gasteiger partial charge >= 0.3 is 0 Å². The second kappa shape index (κ2) is 4.38. The minimum Gasteiger partial charge on any atom is -0.316 e. The number of nitrogens with one attached hydrogen (secondary N) is 1. The van der Waals surface area contributed by atoms with Gasteiger partial charge in [0, 0.05) is 12.1 Å². The van der Waals surface area contributed by atoms with E-state index >= 15 is 0 Å². The van der Waals surface area contributed by atoms with Crippen LogP contribution in [0.25, 0.3) is 0 Å².